The second-order valence-corrected chi connectivity index (χ2v) is 2.93. The summed E-state index contributed by atoms with van der Waals surface area (Å²) in [7, 11) is 0. The van der Waals surface area contributed by atoms with Crippen LogP contribution in [0.4, 0.5) is 0 Å². The molecule has 2 rings (SSSR count). The quantitative estimate of drug-likeness (QED) is 0.808. The molecule has 1 aromatic carbocycles. The summed E-state index contributed by atoms with van der Waals surface area (Å²) in [6.07, 6.45) is 0. The first-order chi connectivity index (χ1) is 6.81. The summed E-state index contributed by atoms with van der Waals surface area (Å²) in [6, 6.07) is 5.15. The lowest BCUT2D eigenvalue weighted by Crippen LogP contribution is -2.22. The predicted octanol–water partition coefficient (Wildman–Crippen LogP) is 1.80. The average Bonchev–Trinajstić information content (AvgIpc) is 2.64. The van der Waals surface area contributed by atoms with Crippen LogP contribution in [0.1, 0.15) is 24.7 Å². The zero-order chi connectivity index (χ0) is 9.97. The Bertz CT molecular complexity index is 363. The SMILES string of the molecule is C.CCNC(=O)c1ccc2c(c1)OCO2. The van der Waals surface area contributed by atoms with Gasteiger partial charge in [0.2, 0.25) is 6.79 Å². The van der Waals surface area contributed by atoms with Crippen LogP contribution in [0.3, 0.4) is 0 Å². The first-order valence-corrected chi connectivity index (χ1v) is 4.49. The molecule has 0 aliphatic carbocycles. The number of hydrogen-bond acceptors (Lipinski definition) is 3. The number of carbonyl (C=O) groups excluding carboxylic acids is 1. The van der Waals surface area contributed by atoms with Gasteiger partial charge in [0, 0.05) is 12.1 Å². The maximum absolute atomic E-state index is 11.4. The lowest BCUT2D eigenvalue weighted by Gasteiger charge is -2.02. The van der Waals surface area contributed by atoms with E-state index in [1.54, 1.807) is 18.2 Å². The molecule has 0 fully saturated rings. The molecule has 1 aliphatic heterocycles. The number of ether oxygens (including phenoxy) is 2. The van der Waals surface area contributed by atoms with Crippen molar-refractivity contribution < 1.29 is 14.3 Å². The van der Waals surface area contributed by atoms with Crippen molar-refractivity contribution in [3.05, 3.63) is 23.8 Å². The number of carbonyl (C=O) groups is 1. The zero-order valence-electron chi connectivity index (χ0n) is 7.87. The van der Waals surface area contributed by atoms with Crippen LogP contribution < -0.4 is 14.8 Å². The fourth-order valence-electron chi connectivity index (χ4n) is 1.30. The molecule has 0 radical (unpaired) electrons. The van der Waals surface area contributed by atoms with Crippen molar-refractivity contribution >= 4 is 5.91 Å². The van der Waals surface area contributed by atoms with Gasteiger partial charge in [0.05, 0.1) is 0 Å². The van der Waals surface area contributed by atoms with E-state index in [0.717, 1.165) is 0 Å². The second-order valence-electron chi connectivity index (χ2n) is 2.93. The van der Waals surface area contributed by atoms with Gasteiger partial charge in [-0.2, -0.15) is 0 Å². The average molecular weight is 209 g/mol. The number of hydrogen-bond donors (Lipinski definition) is 1. The highest BCUT2D eigenvalue weighted by Crippen LogP contribution is 2.32. The lowest BCUT2D eigenvalue weighted by atomic mass is 10.2. The molecule has 1 amide bonds. The zero-order valence-corrected chi connectivity index (χ0v) is 7.87. The van der Waals surface area contributed by atoms with Gasteiger partial charge in [-0.25, -0.2) is 0 Å². The van der Waals surface area contributed by atoms with Crippen molar-refractivity contribution in [3.8, 4) is 11.5 Å². The largest absolute Gasteiger partial charge is 0.454 e. The van der Waals surface area contributed by atoms with Crippen molar-refractivity contribution in [2.75, 3.05) is 13.3 Å². The van der Waals surface area contributed by atoms with Crippen LogP contribution in [0.2, 0.25) is 0 Å². The van der Waals surface area contributed by atoms with Gasteiger partial charge >= 0.3 is 0 Å². The number of fused-ring (bicyclic) bond motifs is 1. The molecule has 0 saturated carbocycles. The Morgan fingerprint density at radius 1 is 1.40 bits per heavy atom. The highest BCUT2D eigenvalue weighted by atomic mass is 16.7. The third-order valence-electron chi connectivity index (χ3n) is 1.97. The molecule has 0 atom stereocenters. The summed E-state index contributed by atoms with van der Waals surface area (Å²) in [5.41, 5.74) is 0.594. The summed E-state index contributed by atoms with van der Waals surface area (Å²) in [6.45, 7) is 2.73. The lowest BCUT2D eigenvalue weighted by molar-refractivity contribution is 0.0955. The molecule has 0 saturated heterocycles. The Hall–Kier alpha value is -1.71. The molecule has 0 bridgehead atoms. The predicted molar refractivity (Wildman–Crippen MR) is 57.3 cm³/mol. The van der Waals surface area contributed by atoms with Crippen molar-refractivity contribution in [2.24, 2.45) is 0 Å². The van der Waals surface area contributed by atoms with Crippen LogP contribution in [0, 0.1) is 0 Å². The van der Waals surface area contributed by atoms with E-state index in [1.165, 1.54) is 0 Å². The van der Waals surface area contributed by atoms with E-state index < -0.39 is 0 Å². The van der Waals surface area contributed by atoms with E-state index >= 15 is 0 Å². The standard InChI is InChI=1S/C10H11NO3.CH4/c1-2-11-10(12)7-3-4-8-9(5-7)14-6-13-8;/h3-5H,2,6H2,1H3,(H,11,12);1H4. The van der Waals surface area contributed by atoms with E-state index in [4.69, 9.17) is 9.47 Å². The smallest absolute Gasteiger partial charge is 0.251 e. The number of amides is 1. The molecule has 0 aromatic heterocycles. The van der Waals surface area contributed by atoms with Crippen LogP contribution in [-0.2, 0) is 0 Å². The normalized spacial score (nSPS) is 11.8. The van der Waals surface area contributed by atoms with E-state index in [1.807, 2.05) is 6.92 Å². The van der Waals surface area contributed by atoms with E-state index in [-0.39, 0.29) is 20.1 Å². The van der Waals surface area contributed by atoms with Gasteiger partial charge in [0.15, 0.2) is 11.5 Å². The highest BCUT2D eigenvalue weighted by Gasteiger charge is 2.15. The molecular formula is C11H15NO3. The van der Waals surface area contributed by atoms with Crippen molar-refractivity contribution in [1.29, 1.82) is 0 Å². The molecule has 4 nitrogen and oxygen atoms in total. The van der Waals surface area contributed by atoms with E-state index in [9.17, 15) is 4.79 Å². The van der Waals surface area contributed by atoms with Crippen LogP contribution in [0.5, 0.6) is 11.5 Å². The Morgan fingerprint density at radius 2 is 2.13 bits per heavy atom. The van der Waals surface area contributed by atoms with Gasteiger partial charge in [-0.05, 0) is 25.1 Å². The minimum absolute atomic E-state index is 0. The molecule has 4 heteroatoms. The molecule has 0 unspecified atom stereocenters. The molecule has 1 N–H and O–H groups in total. The Morgan fingerprint density at radius 3 is 2.87 bits per heavy atom. The summed E-state index contributed by atoms with van der Waals surface area (Å²) in [5.74, 6) is 1.23. The van der Waals surface area contributed by atoms with Gasteiger partial charge in [-0.15, -0.1) is 0 Å². The Labute approximate surface area is 89.2 Å². The van der Waals surface area contributed by atoms with Crippen LogP contribution in [0.15, 0.2) is 18.2 Å². The van der Waals surface area contributed by atoms with Crippen molar-refractivity contribution in [2.45, 2.75) is 14.4 Å². The molecule has 1 aromatic rings. The monoisotopic (exact) mass is 209 g/mol. The van der Waals surface area contributed by atoms with Gasteiger partial charge in [-0.1, -0.05) is 7.43 Å². The third-order valence-corrected chi connectivity index (χ3v) is 1.97. The first kappa shape index (κ1) is 11.4. The summed E-state index contributed by atoms with van der Waals surface area (Å²) in [4.78, 5) is 11.4. The topological polar surface area (TPSA) is 47.6 Å². The van der Waals surface area contributed by atoms with Crippen molar-refractivity contribution in [1.82, 2.24) is 5.32 Å². The molecule has 0 spiro atoms. The fraction of sp³-hybridized carbons (Fsp3) is 0.364. The maximum Gasteiger partial charge on any atom is 0.251 e. The molecule has 82 valence electrons. The fourth-order valence-corrected chi connectivity index (χ4v) is 1.30. The minimum atomic E-state index is -0.0919. The molecule has 1 heterocycles. The van der Waals surface area contributed by atoms with Crippen LogP contribution >= 0.6 is 0 Å². The van der Waals surface area contributed by atoms with Gasteiger partial charge in [0.25, 0.3) is 5.91 Å². The summed E-state index contributed by atoms with van der Waals surface area (Å²) in [5, 5.41) is 2.72. The minimum Gasteiger partial charge on any atom is -0.454 e. The first-order valence-electron chi connectivity index (χ1n) is 4.49. The third kappa shape index (κ3) is 2.21. The number of nitrogens with one attached hydrogen (secondary N) is 1. The highest BCUT2D eigenvalue weighted by molar-refractivity contribution is 5.94. The van der Waals surface area contributed by atoms with E-state index in [0.29, 0.717) is 23.6 Å². The van der Waals surface area contributed by atoms with Crippen molar-refractivity contribution in [3.63, 3.8) is 0 Å². The molecule has 1 aliphatic rings. The Kier molecular flexibility index (Phi) is 3.55. The molecule has 15 heavy (non-hydrogen) atoms. The summed E-state index contributed by atoms with van der Waals surface area (Å²) >= 11 is 0. The molecular weight excluding hydrogens is 194 g/mol. The maximum atomic E-state index is 11.4. The van der Waals surface area contributed by atoms with E-state index in [2.05, 4.69) is 5.32 Å². The van der Waals surface area contributed by atoms with Crippen LogP contribution in [0.25, 0.3) is 0 Å². The Balaban J connectivity index is 0.00000112. The van der Waals surface area contributed by atoms with Gasteiger partial charge < -0.3 is 14.8 Å². The summed E-state index contributed by atoms with van der Waals surface area (Å²) < 4.78 is 10.3. The number of benzene rings is 1. The second kappa shape index (κ2) is 4.68. The van der Waals surface area contributed by atoms with Crippen LogP contribution in [-0.4, -0.2) is 19.2 Å². The number of rotatable bonds is 2. The van der Waals surface area contributed by atoms with Gasteiger partial charge in [-0.3, -0.25) is 4.79 Å². The van der Waals surface area contributed by atoms with Gasteiger partial charge in [0.1, 0.15) is 0 Å².